The molecule has 0 spiro atoms. The van der Waals surface area contributed by atoms with Crippen molar-refractivity contribution in [1.82, 2.24) is 5.73 Å². The van der Waals surface area contributed by atoms with Crippen molar-refractivity contribution in [2.24, 2.45) is 0 Å². The molecule has 51 valence electrons. The molecule has 0 heterocycles. The van der Waals surface area contributed by atoms with Gasteiger partial charge in [-0.2, -0.15) is 0 Å². The largest absolute Gasteiger partial charge is 0.300 e. The highest BCUT2D eigenvalue weighted by Gasteiger charge is 1.95. The van der Waals surface area contributed by atoms with E-state index < -0.39 is 0 Å². The highest BCUT2D eigenvalue weighted by molar-refractivity contribution is 5.70. The van der Waals surface area contributed by atoms with Gasteiger partial charge in [-0.1, -0.05) is 24.8 Å². The fraction of sp³-hybridized carbons (Fsp3) is 0.111. The average Bonchev–Trinajstić information content (AvgIpc) is 1.88. The summed E-state index contributed by atoms with van der Waals surface area (Å²) in [4.78, 5) is 0. The minimum atomic E-state index is 0.551. The number of allylic oxidation sites excluding steroid dienone is 1. The molecule has 0 bridgehead atoms. The molecule has 0 saturated heterocycles. The second kappa shape index (κ2) is 2.56. The fourth-order valence-electron chi connectivity index (χ4n) is 0.855. The van der Waals surface area contributed by atoms with E-state index in [1.165, 1.54) is 0 Å². The van der Waals surface area contributed by atoms with Crippen molar-refractivity contribution in [3.05, 3.63) is 36.4 Å². The van der Waals surface area contributed by atoms with Gasteiger partial charge in [0.1, 0.15) is 0 Å². The Bertz CT molecular complexity index is 251. The predicted molar refractivity (Wildman–Crippen MR) is 43.9 cm³/mol. The lowest BCUT2D eigenvalue weighted by atomic mass is 10.1. The highest BCUT2D eigenvalue weighted by atomic mass is 14.6. The van der Waals surface area contributed by atoms with E-state index in [1.54, 1.807) is 6.07 Å². The van der Waals surface area contributed by atoms with Crippen LogP contribution in [0.4, 0.5) is 5.69 Å². The van der Waals surface area contributed by atoms with Crippen LogP contribution in [0.1, 0.15) is 12.5 Å². The summed E-state index contributed by atoms with van der Waals surface area (Å²) in [5.41, 5.74) is 9.87. The number of hydrogen-bond acceptors (Lipinski definition) is 0. The van der Waals surface area contributed by atoms with Gasteiger partial charge in [0.15, 0.2) is 0 Å². The van der Waals surface area contributed by atoms with Crippen molar-refractivity contribution in [3.8, 4) is 0 Å². The van der Waals surface area contributed by atoms with Crippen molar-refractivity contribution in [2.45, 2.75) is 6.92 Å². The third-order valence-electron chi connectivity index (χ3n) is 1.39. The summed E-state index contributed by atoms with van der Waals surface area (Å²) in [5.74, 6) is 0. The van der Waals surface area contributed by atoms with Gasteiger partial charge in [0.25, 0.3) is 0 Å². The molecule has 0 aliphatic heterocycles. The van der Waals surface area contributed by atoms with Gasteiger partial charge in [-0.25, -0.2) is 0 Å². The first-order valence-corrected chi connectivity index (χ1v) is 3.18. The summed E-state index contributed by atoms with van der Waals surface area (Å²) in [7, 11) is 0. The van der Waals surface area contributed by atoms with Crippen LogP contribution in [0.25, 0.3) is 5.57 Å². The number of hydrogen-bond donors (Lipinski definition) is 0. The van der Waals surface area contributed by atoms with Crippen molar-refractivity contribution in [1.29, 1.82) is 0 Å². The summed E-state index contributed by atoms with van der Waals surface area (Å²) >= 11 is 0. The van der Waals surface area contributed by atoms with Crippen LogP contribution in [0.5, 0.6) is 0 Å². The average molecular weight is 132 g/mol. The van der Waals surface area contributed by atoms with Gasteiger partial charge in [0.05, 0.1) is 5.69 Å². The monoisotopic (exact) mass is 132 g/mol. The fourth-order valence-corrected chi connectivity index (χ4v) is 0.855. The third-order valence-corrected chi connectivity index (χ3v) is 1.39. The Balaban J connectivity index is 3.15. The Kier molecular flexibility index (Phi) is 1.76. The first kappa shape index (κ1) is 6.87. The zero-order valence-corrected chi connectivity index (χ0v) is 6.02. The smallest absolute Gasteiger partial charge is 0.0614 e. The quantitative estimate of drug-likeness (QED) is 0.561. The van der Waals surface area contributed by atoms with E-state index in [-0.39, 0.29) is 0 Å². The molecule has 1 N–H and O–H groups in total. The van der Waals surface area contributed by atoms with Gasteiger partial charge in [-0.3, -0.25) is 0 Å². The topological polar surface area (TPSA) is 23.8 Å². The minimum absolute atomic E-state index is 0.551. The SMILES string of the molecule is C=C(C)c1ccccc1[NH]. The molecule has 0 saturated carbocycles. The lowest BCUT2D eigenvalue weighted by molar-refractivity contribution is 1.44. The van der Waals surface area contributed by atoms with Crippen molar-refractivity contribution >= 4 is 11.3 Å². The van der Waals surface area contributed by atoms with E-state index in [0.717, 1.165) is 11.1 Å². The highest BCUT2D eigenvalue weighted by Crippen LogP contribution is 2.19. The van der Waals surface area contributed by atoms with Crippen LogP contribution in [0.2, 0.25) is 0 Å². The number of benzene rings is 1. The van der Waals surface area contributed by atoms with Gasteiger partial charge in [0.2, 0.25) is 0 Å². The molecule has 1 nitrogen and oxygen atoms in total. The molecule has 1 rings (SSSR count). The van der Waals surface area contributed by atoms with Crippen LogP contribution < -0.4 is 5.73 Å². The maximum absolute atomic E-state index is 7.44. The molecule has 1 radical (unpaired) electrons. The zero-order valence-electron chi connectivity index (χ0n) is 6.02. The van der Waals surface area contributed by atoms with Crippen LogP contribution in [0.15, 0.2) is 30.8 Å². The molecule has 0 amide bonds. The molecule has 1 aromatic carbocycles. The third kappa shape index (κ3) is 1.18. The lowest BCUT2D eigenvalue weighted by Gasteiger charge is -2.00. The molecule has 0 aliphatic carbocycles. The van der Waals surface area contributed by atoms with Crippen LogP contribution in [0.3, 0.4) is 0 Å². The summed E-state index contributed by atoms with van der Waals surface area (Å²) in [6.45, 7) is 5.68. The second-order valence-corrected chi connectivity index (χ2v) is 2.33. The minimum Gasteiger partial charge on any atom is -0.300 e. The zero-order chi connectivity index (χ0) is 7.56. The van der Waals surface area contributed by atoms with Crippen LogP contribution in [0, 0.1) is 0 Å². The normalized spacial score (nSPS) is 9.30. The number of rotatable bonds is 1. The van der Waals surface area contributed by atoms with Crippen LogP contribution in [-0.2, 0) is 0 Å². The van der Waals surface area contributed by atoms with Gasteiger partial charge in [0, 0.05) is 5.56 Å². The van der Waals surface area contributed by atoms with Crippen LogP contribution in [-0.4, -0.2) is 0 Å². The summed E-state index contributed by atoms with van der Waals surface area (Å²) in [5, 5.41) is 0. The molecule has 0 aromatic heterocycles. The predicted octanol–water partition coefficient (Wildman–Crippen LogP) is 2.63. The Morgan fingerprint density at radius 3 is 2.40 bits per heavy atom. The van der Waals surface area contributed by atoms with Crippen molar-refractivity contribution < 1.29 is 0 Å². The summed E-state index contributed by atoms with van der Waals surface area (Å²) < 4.78 is 0. The molecule has 0 aliphatic rings. The maximum atomic E-state index is 7.44. The van der Waals surface area contributed by atoms with Crippen molar-refractivity contribution in [3.63, 3.8) is 0 Å². The van der Waals surface area contributed by atoms with E-state index in [0.29, 0.717) is 5.69 Å². The van der Waals surface area contributed by atoms with Gasteiger partial charge >= 0.3 is 0 Å². The van der Waals surface area contributed by atoms with E-state index in [1.807, 2.05) is 25.1 Å². The Morgan fingerprint density at radius 2 is 2.00 bits per heavy atom. The summed E-state index contributed by atoms with van der Waals surface area (Å²) in [6, 6.07) is 7.45. The molecule has 0 unspecified atom stereocenters. The molecule has 1 heteroatoms. The van der Waals surface area contributed by atoms with E-state index in [9.17, 15) is 0 Å². The van der Waals surface area contributed by atoms with Crippen molar-refractivity contribution in [2.75, 3.05) is 0 Å². The molecule has 10 heavy (non-hydrogen) atoms. The van der Waals surface area contributed by atoms with Gasteiger partial charge < -0.3 is 5.73 Å². The first-order chi connectivity index (χ1) is 4.72. The Hall–Kier alpha value is -1.24. The van der Waals surface area contributed by atoms with Gasteiger partial charge in [-0.05, 0) is 18.6 Å². The standard InChI is InChI=1S/C9H10N/c1-7(2)8-5-3-4-6-9(8)10/h3-6,10H,1H2,2H3. The number of nitrogens with one attached hydrogen (secondary N) is 1. The maximum Gasteiger partial charge on any atom is 0.0614 e. The molecular formula is C9H10N. The van der Waals surface area contributed by atoms with Gasteiger partial charge in [-0.15, -0.1) is 0 Å². The first-order valence-electron chi connectivity index (χ1n) is 3.18. The molecule has 1 aromatic rings. The Morgan fingerprint density at radius 1 is 1.40 bits per heavy atom. The lowest BCUT2D eigenvalue weighted by Crippen LogP contribution is -1.79. The van der Waals surface area contributed by atoms with E-state index in [2.05, 4.69) is 6.58 Å². The molecular weight excluding hydrogens is 122 g/mol. The second-order valence-electron chi connectivity index (χ2n) is 2.33. The van der Waals surface area contributed by atoms with E-state index >= 15 is 0 Å². The molecule has 0 fully saturated rings. The summed E-state index contributed by atoms with van der Waals surface area (Å²) in [6.07, 6.45) is 0. The Labute approximate surface area is 61.2 Å². The molecule has 0 atom stereocenters. The van der Waals surface area contributed by atoms with E-state index in [4.69, 9.17) is 5.73 Å². The van der Waals surface area contributed by atoms with Crippen LogP contribution >= 0.6 is 0 Å².